The number of carbonyl (C=O) groups excluding carboxylic acids is 1. The second kappa shape index (κ2) is 5.71. The van der Waals surface area contributed by atoms with Gasteiger partial charge in [0.25, 0.3) is 0 Å². The molecule has 0 atom stereocenters. The summed E-state index contributed by atoms with van der Waals surface area (Å²) in [7, 11) is 1.30. The molecule has 0 bridgehead atoms. The molecule has 2 aromatic carbocycles. The van der Waals surface area contributed by atoms with Crippen LogP contribution in [0.15, 0.2) is 34.8 Å². The number of carbonyl (C=O) groups is 1. The van der Waals surface area contributed by atoms with E-state index in [1.54, 1.807) is 19.1 Å². The molecule has 2 rings (SSSR count). The lowest BCUT2D eigenvalue weighted by molar-refractivity contribution is 0.103. The predicted octanol–water partition coefficient (Wildman–Crippen LogP) is 4.28. The van der Waals surface area contributed by atoms with Crippen LogP contribution in [0, 0.1) is 18.6 Å². The monoisotopic (exact) mass is 340 g/mol. The van der Waals surface area contributed by atoms with E-state index in [2.05, 4.69) is 15.9 Å². The van der Waals surface area contributed by atoms with Crippen molar-refractivity contribution < 1.29 is 18.3 Å². The van der Waals surface area contributed by atoms with E-state index in [0.29, 0.717) is 10.0 Å². The summed E-state index contributed by atoms with van der Waals surface area (Å²) in [6.07, 6.45) is 0. The predicted molar refractivity (Wildman–Crippen MR) is 75.2 cm³/mol. The molecule has 0 fully saturated rings. The second-order valence-electron chi connectivity index (χ2n) is 4.21. The van der Waals surface area contributed by atoms with Gasteiger partial charge < -0.3 is 4.74 Å². The van der Waals surface area contributed by atoms with Crippen LogP contribution in [-0.2, 0) is 0 Å². The van der Waals surface area contributed by atoms with Crippen molar-refractivity contribution in [3.05, 3.63) is 63.1 Å². The zero-order valence-electron chi connectivity index (χ0n) is 10.8. The molecule has 0 aliphatic carbocycles. The third-order valence-corrected chi connectivity index (χ3v) is 3.85. The molecule has 20 heavy (non-hydrogen) atoms. The molecule has 0 aliphatic heterocycles. The van der Waals surface area contributed by atoms with Gasteiger partial charge in [0.2, 0.25) is 0 Å². The van der Waals surface area contributed by atoms with E-state index in [-0.39, 0.29) is 11.3 Å². The molecule has 0 radical (unpaired) electrons. The molecular formula is C15H11BrF2O2. The summed E-state index contributed by atoms with van der Waals surface area (Å²) >= 11 is 3.29. The molecule has 0 saturated carbocycles. The molecule has 2 nitrogen and oxygen atoms in total. The fourth-order valence-electron chi connectivity index (χ4n) is 1.87. The smallest absolute Gasteiger partial charge is 0.199 e. The van der Waals surface area contributed by atoms with Crippen LogP contribution in [0.25, 0.3) is 0 Å². The summed E-state index contributed by atoms with van der Waals surface area (Å²) in [6, 6.07) is 6.91. The Labute approximate surface area is 123 Å². The fraction of sp³-hybridized carbons (Fsp3) is 0.133. The van der Waals surface area contributed by atoms with Gasteiger partial charge in [-0.1, -0.05) is 28.1 Å². The van der Waals surface area contributed by atoms with Crippen LogP contribution in [-0.4, -0.2) is 12.9 Å². The van der Waals surface area contributed by atoms with Crippen LogP contribution in [0.1, 0.15) is 21.5 Å². The Balaban J connectivity index is 2.57. The Morgan fingerprint density at radius 2 is 1.80 bits per heavy atom. The minimum Gasteiger partial charge on any atom is -0.497 e. The average molecular weight is 341 g/mol. The quantitative estimate of drug-likeness (QED) is 0.779. The van der Waals surface area contributed by atoms with Gasteiger partial charge in [-0.3, -0.25) is 4.79 Å². The van der Waals surface area contributed by atoms with E-state index in [4.69, 9.17) is 4.74 Å². The molecule has 104 valence electrons. The molecule has 0 N–H and O–H groups in total. The molecule has 0 unspecified atom stereocenters. The van der Waals surface area contributed by atoms with Gasteiger partial charge in [0.1, 0.15) is 17.4 Å². The Bertz CT molecular complexity index is 661. The third kappa shape index (κ3) is 2.58. The highest BCUT2D eigenvalue weighted by Gasteiger charge is 2.22. The molecule has 2 aromatic rings. The number of ketones is 1. The van der Waals surface area contributed by atoms with Gasteiger partial charge in [-0.25, -0.2) is 8.78 Å². The molecule has 0 spiro atoms. The van der Waals surface area contributed by atoms with Crippen molar-refractivity contribution in [1.29, 1.82) is 0 Å². The molecule has 0 heterocycles. The topological polar surface area (TPSA) is 26.3 Å². The largest absolute Gasteiger partial charge is 0.497 e. The van der Waals surface area contributed by atoms with Crippen LogP contribution >= 0.6 is 15.9 Å². The van der Waals surface area contributed by atoms with Gasteiger partial charge >= 0.3 is 0 Å². The van der Waals surface area contributed by atoms with E-state index in [0.717, 1.165) is 12.1 Å². The van der Waals surface area contributed by atoms with Crippen LogP contribution in [0.3, 0.4) is 0 Å². The van der Waals surface area contributed by atoms with E-state index in [1.165, 1.54) is 13.2 Å². The minimum atomic E-state index is -0.939. The second-order valence-corrected chi connectivity index (χ2v) is 5.06. The average Bonchev–Trinajstić information content (AvgIpc) is 2.40. The van der Waals surface area contributed by atoms with Crippen molar-refractivity contribution in [3.8, 4) is 5.75 Å². The first-order chi connectivity index (χ1) is 9.45. The van der Waals surface area contributed by atoms with E-state index in [9.17, 15) is 13.6 Å². The van der Waals surface area contributed by atoms with Crippen molar-refractivity contribution in [2.75, 3.05) is 7.11 Å². The number of methoxy groups -OCH3 is 1. The van der Waals surface area contributed by atoms with Crippen molar-refractivity contribution in [1.82, 2.24) is 0 Å². The lowest BCUT2D eigenvalue weighted by atomic mass is 9.98. The van der Waals surface area contributed by atoms with Crippen LogP contribution in [0.4, 0.5) is 8.78 Å². The maximum atomic E-state index is 13.9. The molecule has 0 amide bonds. The number of hydrogen-bond acceptors (Lipinski definition) is 2. The highest BCUT2D eigenvalue weighted by Crippen LogP contribution is 2.26. The van der Waals surface area contributed by atoms with Gasteiger partial charge in [-0.05, 0) is 18.6 Å². The number of ether oxygens (including phenoxy) is 1. The van der Waals surface area contributed by atoms with Crippen molar-refractivity contribution in [3.63, 3.8) is 0 Å². The van der Waals surface area contributed by atoms with Crippen LogP contribution in [0.2, 0.25) is 0 Å². The zero-order chi connectivity index (χ0) is 14.9. The summed E-state index contributed by atoms with van der Waals surface area (Å²) in [5, 5.41) is 0. The lowest BCUT2D eigenvalue weighted by Gasteiger charge is -2.09. The molecule has 0 aliphatic rings. The first kappa shape index (κ1) is 14.7. The van der Waals surface area contributed by atoms with Gasteiger partial charge in [0, 0.05) is 22.2 Å². The van der Waals surface area contributed by atoms with E-state index >= 15 is 0 Å². The lowest BCUT2D eigenvalue weighted by Crippen LogP contribution is -2.09. The fourth-order valence-corrected chi connectivity index (χ4v) is 2.24. The first-order valence-electron chi connectivity index (χ1n) is 5.78. The molecular weight excluding hydrogens is 330 g/mol. The van der Waals surface area contributed by atoms with Crippen LogP contribution in [0.5, 0.6) is 5.75 Å². The summed E-state index contributed by atoms with van der Waals surface area (Å²) in [5.41, 5.74) is 0.307. The van der Waals surface area contributed by atoms with Gasteiger partial charge in [-0.15, -0.1) is 0 Å². The van der Waals surface area contributed by atoms with E-state index in [1.807, 2.05) is 0 Å². The minimum absolute atomic E-state index is 0.0301. The highest BCUT2D eigenvalue weighted by atomic mass is 79.9. The number of benzene rings is 2. The highest BCUT2D eigenvalue weighted by molar-refractivity contribution is 9.10. The van der Waals surface area contributed by atoms with Gasteiger partial charge in [0.05, 0.1) is 12.7 Å². The zero-order valence-corrected chi connectivity index (χ0v) is 12.4. The summed E-state index contributed by atoms with van der Waals surface area (Å²) in [4.78, 5) is 12.3. The normalized spacial score (nSPS) is 10.4. The molecule has 0 aromatic heterocycles. The molecule has 0 saturated heterocycles. The van der Waals surface area contributed by atoms with Crippen molar-refractivity contribution >= 4 is 21.7 Å². The van der Waals surface area contributed by atoms with Crippen molar-refractivity contribution in [2.24, 2.45) is 0 Å². The summed E-state index contributed by atoms with van der Waals surface area (Å²) in [6.45, 7) is 1.71. The summed E-state index contributed by atoms with van der Waals surface area (Å²) < 4.78 is 33.3. The third-order valence-electron chi connectivity index (χ3n) is 2.99. The summed E-state index contributed by atoms with van der Waals surface area (Å²) in [5.74, 6) is -2.54. The van der Waals surface area contributed by atoms with Gasteiger partial charge in [-0.2, -0.15) is 0 Å². The first-order valence-corrected chi connectivity index (χ1v) is 6.58. The number of hydrogen-bond donors (Lipinski definition) is 0. The Hall–Kier alpha value is -1.75. The SMILES string of the molecule is COc1cc(F)c(C(=O)c2cccc(Br)c2C)c(F)c1. The number of halogens is 3. The Morgan fingerprint density at radius 3 is 2.35 bits per heavy atom. The van der Waals surface area contributed by atoms with E-state index < -0.39 is 23.0 Å². The standard InChI is InChI=1S/C15H11BrF2O2/c1-8-10(4-3-5-11(8)16)15(19)14-12(17)6-9(20-2)7-13(14)18/h3-7H,1-2H3. The maximum Gasteiger partial charge on any atom is 0.199 e. The number of rotatable bonds is 3. The Morgan fingerprint density at radius 1 is 1.20 bits per heavy atom. The van der Waals surface area contributed by atoms with Crippen molar-refractivity contribution in [2.45, 2.75) is 6.92 Å². The van der Waals surface area contributed by atoms with Crippen LogP contribution < -0.4 is 4.74 Å². The molecule has 5 heteroatoms. The Kier molecular flexibility index (Phi) is 4.18. The van der Waals surface area contributed by atoms with Gasteiger partial charge in [0.15, 0.2) is 5.78 Å². The maximum absolute atomic E-state index is 13.9.